The lowest BCUT2D eigenvalue weighted by molar-refractivity contribution is 0.124. The second kappa shape index (κ2) is 4.82. The first kappa shape index (κ1) is 10.0. The van der Waals surface area contributed by atoms with Crippen molar-refractivity contribution < 1.29 is 4.74 Å². The molecule has 1 unspecified atom stereocenters. The van der Waals surface area contributed by atoms with Crippen molar-refractivity contribution in [3.8, 4) is 0 Å². The number of thioether (sulfide) groups is 1. The fourth-order valence-electron chi connectivity index (χ4n) is 1.55. The fraction of sp³-hybridized carbons (Fsp3) is 0.455. The molecule has 0 bridgehead atoms. The smallest absolute Gasteiger partial charge is 0.120 e. The van der Waals surface area contributed by atoms with E-state index >= 15 is 0 Å². The highest BCUT2D eigenvalue weighted by Gasteiger charge is 2.15. The maximum Gasteiger partial charge on any atom is 0.120 e. The first-order valence-corrected chi connectivity index (χ1v) is 5.85. The molecule has 1 atom stereocenters. The van der Waals surface area contributed by atoms with Crippen molar-refractivity contribution in [2.45, 2.75) is 23.8 Å². The van der Waals surface area contributed by atoms with Crippen LogP contribution in [-0.4, -0.2) is 18.6 Å². The molecule has 0 saturated carbocycles. The Morgan fingerprint density at radius 3 is 3.21 bits per heavy atom. The summed E-state index contributed by atoms with van der Waals surface area (Å²) >= 11 is 1.82. The number of ether oxygens (including phenoxy) is 1. The number of hydrogen-bond acceptors (Lipinski definition) is 3. The normalized spacial score (nSPS) is 21.4. The first-order valence-electron chi connectivity index (χ1n) is 4.97. The molecule has 14 heavy (non-hydrogen) atoms. The molecule has 1 N–H and O–H groups in total. The van der Waals surface area contributed by atoms with E-state index in [1.165, 1.54) is 10.5 Å². The van der Waals surface area contributed by atoms with Crippen LogP contribution < -0.4 is 5.32 Å². The SMILES string of the molecule is CCOC1CNCc2ccccc2S1. The van der Waals surface area contributed by atoms with Gasteiger partial charge in [-0.2, -0.15) is 0 Å². The molecule has 1 aromatic carbocycles. The third-order valence-corrected chi connectivity index (χ3v) is 3.43. The summed E-state index contributed by atoms with van der Waals surface area (Å²) in [5, 5.41) is 3.39. The number of benzene rings is 1. The summed E-state index contributed by atoms with van der Waals surface area (Å²) < 4.78 is 5.62. The van der Waals surface area contributed by atoms with Crippen LogP contribution in [0.3, 0.4) is 0 Å². The van der Waals surface area contributed by atoms with E-state index in [0.717, 1.165) is 19.7 Å². The van der Waals surface area contributed by atoms with Crippen molar-refractivity contribution in [3.63, 3.8) is 0 Å². The van der Waals surface area contributed by atoms with Crippen LogP contribution in [-0.2, 0) is 11.3 Å². The van der Waals surface area contributed by atoms with Gasteiger partial charge in [-0.25, -0.2) is 0 Å². The quantitative estimate of drug-likeness (QED) is 0.807. The second-order valence-electron chi connectivity index (χ2n) is 3.24. The summed E-state index contributed by atoms with van der Waals surface area (Å²) in [6.07, 6.45) is 0. The zero-order valence-corrected chi connectivity index (χ0v) is 9.14. The number of nitrogens with one attached hydrogen (secondary N) is 1. The summed E-state index contributed by atoms with van der Waals surface area (Å²) in [5.74, 6) is 0. The van der Waals surface area contributed by atoms with E-state index in [0.29, 0.717) is 0 Å². The minimum atomic E-state index is 0.253. The Hall–Kier alpha value is -0.510. The van der Waals surface area contributed by atoms with Crippen LogP contribution in [0.4, 0.5) is 0 Å². The Labute approximate surface area is 89.0 Å². The molecule has 0 amide bonds. The monoisotopic (exact) mass is 209 g/mol. The Bertz CT molecular complexity index is 303. The second-order valence-corrected chi connectivity index (χ2v) is 4.44. The third kappa shape index (κ3) is 2.29. The number of hydrogen-bond donors (Lipinski definition) is 1. The highest BCUT2D eigenvalue weighted by molar-refractivity contribution is 7.99. The van der Waals surface area contributed by atoms with Crippen LogP contribution >= 0.6 is 11.8 Å². The topological polar surface area (TPSA) is 21.3 Å². The zero-order valence-electron chi connectivity index (χ0n) is 8.32. The van der Waals surface area contributed by atoms with Crippen LogP contribution in [0.1, 0.15) is 12.5 Å². The van der Waals surface area contributed by atoms with Gasteiger partial charge in [-0.3, -0.25) is 0 Å². The molecular formula is C11H15NOS. The van der Waals surface area contributed by atoms with Gasteiger partial charge in [-0.05, 0) is 18.6 Å². The molecular weight excluding hydrogens is 194 g/mol. The van der Waals surface area contributed by atoms with E-state index in [-0.39, 0.29) is 5.44 Å². The highest BCUT2D eigenvalue weighted by atomic mass is 32.2. The van der Waals surface area contributed by atoms with Crippen molar-refractivity contribution in [3.05, 3.63) is 29.8 Å². The van der Waals surface area contributed by atoms with Crippen molar-refractivity contribution in [1.82, 2.24) is 5.32 Å². The molecule has 0 aromatic heterocycles. The van der Waals surface area contributed by atoms with Crippen LogP contribution in [0, 0.1) is 0 Å². The molecule has 0 aliphatic carbocycles. The predicted molar refractivity (Wildman–Crippen MR) is 59.4 cm³/mol. The number of rotatable bonds is 2. The molecule has 1 heterocycles. The van der Waals surface area contributed by atoms with Gasteiger partial charge in [-0.15, -0.1) is 0 Å². The van der Waals surface area contributed by atoms with Gasteiger partial charge >= 0.3 is 0 Å². The number of fused-ring (bicyclic) bond motifs is 1. The van der Waals surface area contributed by atoms with Crippen LogP contribution in [0.25, 0.3) is 0 Å². The lowest BCUT2D eigenvalue weighted by Gasteiger charge is -2.13. The first-order chi connectivity index (χ1) is 6.90. The maximum absolute atomic E-state index is 5.62. The van der Waals surface area contributed by atoms with Gasteiger partial charge in [0, 0.05) is 24.6 Å². The average Bonchev–Trinajstić information content (AvgIpc) is 2.40. The molecule has 0 radical (unpaired) electrons. The molecule has 1 aromatic rings. The van der Waals surface area contributed by atoms with E-state index in [9.17, 15) is 0 Å². The Morgan fingerprint density at radius 2 is 2.36 bits per heavy atom. The Balaban J connectivity index is 2.14. The largest absolute Gasteiger partial charge is 0.366 e. The van der Waals surface area contributed by atoms with Gasteiger partial charge in [0.1, 0.15) is 5.44 Å². The van der Waals surface area contributed by atoms with Gasteiger partial charge < -0.3 is 10.1 Å². The summed E-state index contributed by atoms with van der Waals surface area (Å²) in [6, 6.07) is 8.50. The van der Waals surface area contributed by atoms with Gasteiger partial charge in [-0.1, -0.05) is 30.0 Å². The predicted octanol–water partition coefficient (Wildman–Crippen LogP) is 2.24. The van der Waals surface area contributed by atoms with E-state index in [4.69, 9.17) is 4.74 Å². The standard InChI is InChI=1S/C11H15NOS/c1-2-13-11-8-12-7-9-5-3-4-6-10(9)14-11/h3-6,11-12H,2,7-8H2,1H3. The van der Waals surface area contributed by atoms with E-state index < -0.39 is 0 Å². The highest BCUT2D eigenvalue weighted by Crippen LogP contribution is 2.29. The lowest BCUT2D eigenvalue weighted by Crippen LogP contribution is -2.24. The molecule has 0 fully saturated rings. The zero-order chi connectivity index (χ0) is 9.80. The molecule has 1 aliphatic rings. The van der Waals surface area contributed by atoms with Crippen LogP contribution in [0.2, 0.25) is 0 Å². The fourth-order valence-corrected chi connectivity index (χ4v) is 2.69. The minimum Gasteiger partial charge on any atom is -0.366 e. The van der Waals surface area contributed by atoms with Crippen molar-refractivity contribution in [2.24, 2.45) is 0 Å². The Kier molecular flexibility index (Phi) is 3.45. The van der Waals surface area contributed by atoms with Crippen molar-refractivity contribution in [2.75, 3.05) is 13.2 Å². The van der Waals surface area contributed by atoms with Gasteiger partial charge in [0.15, 0.2) is 0 Å². The van der Waals surface area contributed by atoms with E-state index in [1.54, 1.807) is 0 Å². The van der Waals surface area contributed by atoms with Crippen LogP contribution in [0.15, 0.2) is 29.2 Å². The lowest BCUT2D eigenvalue weighted by atomic mass is 10.2. The Morgan fingerprint density at radius 1 is 1.50 bits per heavy atom. The summed E-state index contributed by atoms with van der Waals surface area (Å²) in [4.78, 5) is 1.34. The minimum absolute atomic E-state index is 0.253. The molecule has 1 aliphatic heterocycles. The van der Waals surface area contributed by atoms with E-state index in [1.807, 2.05) is 18.7 Å². The van der Waals surface area contributed by atoms with Gasteiger partial charge in [0.25, 0.3) is 0 Å². The molecule has 2 nitrogen and oxygen atoms in total. The molecule has 0 saturated heterocycles. The molecule has 0 spiro atoms. The van der Waals surface area contributed by atoms with Crippen LogP contribution in [0.5, 0.6) is 0 Å². The van der Waals surface area contributed by atoms with Gasteiger partial charge in [0.2, 0.25) is 0 Å². The summed E-state index contributed by atoms with van der Waals surface area (Å²) in [5.41, 5.74) is 1.63. The molecule has 76 valence electrons. The van der Waals surface area contributed by atoms with Gasteiger partial charge in [0.05, 0.1) is 0 Å². The van der Waals surface area contributed by atoms with Crippen molar-refractivity contribution in [1.29, 1.82) is 0 Å². The van der Waals surface area contributed by atoms with E-state index in [2.05, 4.69) is 29.6 Å². The van der Waals surface area contributed by atoms with Crippen molar-refractivity contribution >= 4 is 11.8 Å². The summed E-state index contributed by atoms with van der Waals surface area (Å²) in [7, 11) is 0. The molecule has 3 heteroatoms. The average molecular weight is 209 g/mol. The molecule has 2 rings (SSSR count). The summed E-state index contributed by atoms with van der Waals surface area (Å²) in [6.45, 7) is 4.69. The maximum atomic E-state index is 5.62. The third-order valence-electron chi connectivity index (χ3n) is 2.21.